The number of ether oxygens (including phenoxy) is 2. The molecule has 2 radical (unpaired) electrons. The second-order valence-electron chi connectivity index (χ2n) is 3.93. The maximum Gasteiger partial charge on any atom is 0.236 e. The standard InChI is InChI=1S/C14H11BO4/c1-9(16)19-13-5-4-11-6-10(8-18-14(15)17)2-3-12(11)7-13/h2-7,16H,1,8H2/p-1. The summed E-state index contributed by atoms with van der Waals surface area (Å²) in [5, 5.41) is 12.6. The third-order valence-electron chi connectivity index (χ3n) is 2.49. The van der Waals surface area contributed by atoms with Gasteiger partial charge in [0.05, 0.1) is 0 Å². The van der Waals surface area contributed by atoms with Crippen LogP contribution in [0.3, 0.4) is 0 Å². The van der Waals surface area contributed by atoms with Crippen LogP contribution in [-0.2, 0) is 11.3 Å². The van der Waals surface area contributed by atoms with Gasteiger partial charge in [0.2, 0.25) is 13.7 Å². The van der Waals surface area contributed by atoms with Crippen molar-refractivity contribution in [1.29, 1.82) is 0 Å². The summed E-state index contributed by atoms with van der Waals surface area (Å²) in [6, 6.07) is 10.7. The topological polar surface area (TPSA) is 58.6 Å². The minimum Gasteiger partial charge on any atom is -0.580 e. The van der Waals surface area contributed by atoms with Gasteiger partial charge >= 0.3 is 0 Å². The molecule has 0 spiro atoms. The van der Waals surface area contributed by atoms with Crippen molar-refractivity contribution < 1.29 is 19.4 Å². The van der Waals surface area contributed by atoms with E-state index in [4.69, 9.17) is 17.3 Å². The van der Waals surface area contributed by atoms with E-state index in [1.165, 1.54) is 0 Å². The van der Waals surface area contributed by atoms with Crippen molar-refractivity contribution in [2.45, 2.75) is 6.61 Å². The average molecular weight is 253 g/mol. The Labute approximate surface area is 111 Å². The molecule has 0 heterocycles. The molecular weight excluding hydrogens is 243 g/mol. The Balaban J connectivity index is 2.24. The molecule has 0 unspecified atom stereocenters. The van der Waals surface area contributed by atoms with Gasteiger partial charge in [-0.3, -0.25) is 4.79 Å². The van der Waals surface area contributed by atoms with Crippen LogP contribution in [0, 0.1) is 0 Å². The van der Waals surface area contributed by atoms with Gasteiger partial charge in [0.15, 0.2) is 0 Å². The summed E-state index contributed by atoms with van der Waals surface area (Å²) in [5.41, 5.74) is 0.827. The number of rotatable bonds is 4. The highest BCUT2D eigenvalue weighted by Crippen LogP contribution is 2.23. The van der Waals surface area contributed by atoms with Crippen molar-refractivity contribution in [3.8, 4) is 5.75 Å². The Morgan fingerprint density at radius 1 is 1.21 bits per heavy atom. The lowest BCUT2D eigenvalue weighted by molar-refractivity contribution is -0.341. The molecule has 5 heteroatoms. The number of hydrogen-bond acceptors (Lipinski definition) is 4. The van der Waals surface area contributed by atoms with E-state index in [2.05, 4.69) is 6.58 Å². The van der Waals surface area contributed by atoms with Gasteiger partial charge in [-0.25, -0.2) is 0 Å². The molecule has 0 aliphatic rings. The zero-order valence-corrected chi connectivity index (χ0v) is 10.1. The van der Waals surface area contributed by atoms with Gasteiger partial charge in [-0.05, 0) is 34.5 Å². The molecule has 4 nitrogen and oxygen atoms in total. The minimum absolute atomic E-state index is 0.126. The Morgan fingerprint density at radius 2 is 1.89 bits per heavy atom. The van der Waals surface area contributed by atoms with Crippen molar-refractivity contribution in [3.05, 3.63) is 54.5 Å². The van der Waals surface area contributed by atoms with Crippen molar-refractivity contribution in [2.75, 3.05) is 0 Å². The highest BCUT2D eigenvalue weighted by atomic mass is 16.6. The monoisotopic (exact) mass is 253 g/mol. The third kappa shape index (κ3) is 3.52. The molecule has 2 aromatic carbocycles. The lowest BCUT2D eigenvalue weighted by Gasteiger charge is -2.14. The summed E-state index contributed by atoms with van der Waals surface area (Å²) in [5.74, 6) is -0.975. The van der Waals surface area contributed by atoms with Crippen molar-refractivity contribution in [2.24, 2.45) is 0 Å². The number of carbonyl (C=O) groups excluding carboxylic acids is 1. The van der Waals surface area contributed by atoms with Crippen LogP contribution in [0.1, 0.15) is 5.56 Å². The molecule has 0 atom stereocenters. The maximum absolute atomic E-state index is 10.8. The van der Waals surface area contributed by atoms with E-state index in [0.717, 1.165) is 16.3 Å². The SMILES string of the molecule is [B]C(=O)OCc1ccc2cc(OC(=C)[O-])ccc2c1. The molecule has 19 heavy (non-hydrogen) atoms. The molecule has 0 aliphatic carbocycles. The Hall–Kier alpha value is -2.43. The van der Waals surface area contributed by atoms with Gasteiger partial charge in [0.25, 0.3) is 0 Å². The first-order chi connectivity index (χ1) is 9.04. The maximum atomic E-state index is 10.8. The molecule has 0 amide bonds. The third-order valence-corrected chi connectivity index (χ3v) is 2.49. The number of hydrogen-bond donors (Lipinski definition) is 0. The van der Waals surface area contributed by atoms with Crippen LogP contribution in [0.25, 0.3) is 10.8 Å². The Kier molecular flexibility index (Phi) is 3.75. The first-order valence-electron chi connectivity index (χ1n) is 5.53. The molecule has 0 aromatic heterocycles. The summed E-state index contributed by atoms with van der Waals surface area (Å²) < 4.78 is 9.61. The van der Waals surface area contributed by atoms with Gasteiger partial charge < -0.3 is 14.6 Å². The van der Waals surface area contributed by atoms with Crippen molar-refractivity contribution in [3.63, 3.8) is 0 Å². The predicted molar refractivity (Wildman–Crippen MR) is 69.7 cm³/mol. The molecule has 2 aromatic rings. The molecule has 0 bridgehead atoms. The van der Waals surface area contributed by atoms with Gasteiger partial charge in [-0.15, -0.1) is 0 Å². The molecule has 0 fully saturated rings. The summed E-state index contributed by atoms with van der Waals surface area (Å²) >= 11 is 0. The lowest BCUT2D eigenvalue weighted by atomic mass is 10.1. The average Bonchev–Trinajstić information content (AvgIpc) is 2.35. The van der Waals surface area contributed by atoms with Crippen LogP contribution < -0.4 is 9.84 Å². The van der Waals surface area contributed by atoms with Crippen LogP contribution in [0.15, 0.2) is 48.9 Å². The first-order valence-corrected chi connectivity index (χ1v) is 5.53. The zero-order chi connectivity index (χ0) is 13.8. The van der Waals surface area contributed by atoms with E-state index >= 15 is 0 Å². The molecular formula is C14H10BO4-. The Bertz CT molecular complexity index is 636. The van der Waals surface area contributed by atoms with E-state index in [1.807, 2.05) is 12.1 Å². The summed E-state index contributed by atoms with van der Waals surface area (Å²) in [7, 11) is 4.90. The minimum atomic E-state index is -0.808. The number of fused-ring (bicyclic) bond motifs is 1. The van der Waals surface area contributed by atoms with Crippen LogP contribution in [0.4, 0.5) is 4.79 Å². The normalized spacial score (nSPS) is 10.1. The van der Waals surface area contributed by atoms with Crippen molar-refractivity contribution in [1.82, 2.24) is 0 Å². The smallest absolute Gasteiger partial charge is 0.236 e. The largest absolute Gasteiger partial charge is 0.580 e. The number of benzene rings is 2. The van der Waals surface area contributed by atoms with E-state index < -0.39 is 11.8 Å². The van der Waals surface area contributed by atoms with Gasteiger partial charge in [-0.2, -0.15) is 0 Å². The second kappa shape index (κ2) is 5.48. The van der Waals surface area contributed by atoms with Gasteiger partial charge in [0, 0.05) is 11.7 Å². The van der Waals surface area contributed by atoms with Crippen LogP contribution in [0.2, 0.25) is 0 Å². The van der Waals surface area contributed by atoms with E-state index in [-0.39, 0.29) is 6.61 Å². The fourth-order valence-corrected chi connectivity index (χ4v) is 1.71. The summed E-state index contributed by atoms with van der Waals surface area (Å²) in [6.07, 6.45) is 0. The van der Waals surface area contributed by atoms with E-state index in [0.29, 0.717) is 5.75 Å². The fourth-order valence-electron chi connectivity index (χ4n) is 1.71. The highest BCUT2D eigenvalue weighted by Gasteiger charge is 1.99. The lowest BCUT2D eigenvalue weighted by Crippen LogP contribution is -2.08. The molecule has 0 aliphatic heterocycles. The molecule has 0 saturated carbocycles. The number of carbonyl (C=O) groups is 1. The molecule has 0 saturated heterocycles. The van der Waals surface area contributed by atoms with Crippen LogP contribution in [-0.4, -0.2) is 13.7 Å². The predicted octanol–water partition coefficient (Wildman–Crippen LogP) is 1.86. The molecule has 0 N–H and O–H groups in total. The second-order valence-corrected chi connectivity index (χ2v) is 3.93. The summed E-state index contributed by atoms with van der Waals surface area (Å²) in [6.45, 7) is 3.27. The summed E-state index contributed by atoms with van der Waals surface area (Å²) in [4.78, 5) is 10.5. The van der Waals surface area contributed by atoms with Crippen LogP contribution in [0.5, 0.6) is 5.75 Å². The van der Waals surface area contributed by atoms with E-state index in [1.54, 1.807) is 24.3 Å². The van der Waals surface area contributed by atoms with Crippen LogP contribution >= 0.6 is 0 Å². The van der Waals surface area contributed by atoms with E-state index in [9.17, 15) is 9.90 Å². The zero-order valence-electron chi connectivity index (χ0n) is 10.1. The van der Waals surface area contributed by atoms with Crippen molar-refractivity contribution >= 4 is 24.5 Å². The quantitative estimate of drug-likeness (QED) is 0.616. The molecule has 2 rings (SSSR count). The van der Waals surface area contributed by atoms with Gasteiger partial charge in [0.1, 0.15) is 6.61 Å². The molecule has 94 valence electrons. The highest BCUT2D eigenvalue weighted by molar-refractivity contribution is 6.55. The first kappa shape index (κ1) is 13.0. The van der Waals surface area contributed by atoms with Gasteiger partial charge in [-0.1, -0.05) is 24.8 Å². The Morgan fingerprint density at radius 3 is 2.58 bits per heavy atom. The fraction of sp³-hybridized carbons (Fsp3) is 0.0714.